The molecule has 6 nitrogen and oxygen atoms in total. The molecule has 16 heavy (non-hydrogen) atoms. The number of aromatic nitrogens is 1. The minimum absolute atomic E-state index is 0.160. The monoisotopic (exact) mass is 232 g/mol. The topological polar surface area (TPSA) is 93.3 Å². The van der Waals surface area contributed by atoms with Gasteiger partial charge >= 0.3 is 11.7 Å². The van der Waals surface area contributed by atoms with Crippen LogP contribution >= 0.6 is 0 Å². The predicted molar refractivity (Wildman–Crippen MR) is 47.5 cm³/mol. The fourth-order valence-corrected chi connectivity index (χ4v) is 1.18. The number of nitrogens with zero attached hydrogens (tertiary/aromatic N) is 2. The van der Waals surface area contributed by atoms with Crippen LogP contribution < -0.4 is 0 Å². The van der Waals surface area contributed by atoms with Gasteiger partial charge in [-0.15, -0.1) is 0 Å². The van der Waals surface area contributed by atoms with Crippen LogP contribution in [0.5, 0.6) is 0 Å². The number of aromatic carboxylic acids is 1. The molecule has 0 amide bonds. The molecule has 0 saturated carbocycles. The van der Waals surface area contributed by atoms with E-state index in [1.807, 2.05) is 0 Å². The van der Waals surface area contributed by atoms with E-state index in [1.54, 1.807) is 0 Å². The van der Waals surface area contributed by atoms with E-state index in [4.69, 9.17) is 5.11 Å². The van der Waals surface area contributed by atoms with Gasteiger partial charge in [-0.1, -0.05) is 0 Å². The number of aryl methyl sites for hydroxylation is 1. The Morgan fingerprint density at radius 1 is 1.62 bits per heavy atom. The standard InChI is InChI=1S/C8H6F2N2O4/c1-3-2-4(7(9)10)11-5(8(13)14)6(3)12(15)16/h2,7H,1H3,(H,13,14). The molecule has 1 N–H and O–H groups in total. The van der Waals surface area contributed by atoms with Crippen molar-refractivity contribution in [2.24, 2.45) is 0 Å². The Balaban J connectivity index is 3.52. The van der Waals surface area contributed by atoms with Crippen molar-refractivity contribution in [1.29, 1.82) is 0 Å². The highest BCUT2D eigenvalue weighted by atomic mass is 19.3. The maximum absolute atomic E-state index is 12.3. The van der Waals surface area contributed by atoms with E-state index in [9.17, 15) is 23.7 Å². The third kappa shape index (κ3) is 2.10. The Kier molecular flexibility index (Phi) is 3.11. The Morgan fingerprint density at radius 2 is 2.19 bits per heavy atom. The fraction of sp³-hybridized carbons (Fsp3) is 0.250. The lowest BCUT2D eigenvalue weighted by Gasteiger charge is -2.04. The molecule has 0 aliphatic heterocycles. The van der Waals surface area contributed by atoms with Crippen LogP contribution in [0.2, 0.25) is 0 Å². The van der Waals surface area contributed by atoms with E-state index in [0.717, 1.165) is 6.07 Å². The molecule has 1 heterocycles. The zero-order valence-corrected chi connectivity index (χ0v) is 7.98. The third-order valence-corrected chi connectivity index (χ3v) is 1.81. The number of hydrogen-bond donors (Lipinski definition) is 1. The molecule has 86 valence electrons. The second kappa shape index (κ2) is 4.17. The van der Waals surface area contributed by atoms with Gasteiger partial charge in [0.1, 0.15) is 5.69 Å². The molecular formula is C8H6F2N2O4. The van der Waals surface area contributed by atoms with Crippen molar-refractivity contribution >= 4 is 11.7 Å². The quantitative estimate of drug-likeness (QED) is 0.634. The molecule has 0 aliphatic rings. The summed E-state index contributed by atoms with van der Waals surface area (Å²) in [5.41, 5.74) is -2.69. The number of rotatable bonds is 3. The van der Waals surface area contributed by atoms with Crippen LogP contribution in [0.25, 0.3) is 0 Å². The van der Waals surface area contributed by atoms with Crippen LogP contribution in [0.4, 0.5) is 14.5 Å². The summed E-state index contributed by atoms with van der Waals surface area (Å²) in [4.78, 5) is 23.3. The second-order valence-corrected chi connectivity index (χ2v) is 2.92. The number of carbonyl (C=O) groups is 1. The Labute approximate surface area is 87.7 Å². The molecule has 1 aromatic heterocycles. The van der Waals surface area contributed by atoms with Gasteiger partial charge in [0.25, 0.3) is 6.43 Å². The summed E-state index contributed by atoms with van der Waals surface area (Å²) in [7, 11) is 0. The minimum Gasteiger partial charge on any atom is -0.476 e. The molecule has 0 fully saturated rings. The van der Waals surface area contributed by atoms with E-state index < -0.39 is 34.4 Å². The zero-order valence-electron chi connectivity index (χ0n) is 7.98. The smallest absolute Gasteiger partial charge is 0.361 e. The molecule has 1 aromatic rings. The molecule has 0 bridgehead atoms. The summed E-state index contributed by atoms with van der Waals surface area (Å²) < 4.78 is 24.6. The molecule has 0 spiro atoms. The average Bonchev–Trinajstić information content (AvgIpc) is 2.15. The zero-order chi connectivity index (χ0) is 12.5. The molecule has 0 aromatic carbocycles. The lowest BCUT2D eigenvalue weighted by molar-refractivity contribution is -0.386. The van der Waals surface area contributed by atoms with Crippen molar-refractivity contribution < 1.29 is 23.6 Å². The van der Waals surface area contributed by atoms with Gasteiger partial charge in [0.15, 0.2) is 0 Å². The molecule has 8 heteroatoms. The number of hydrogen-bond acceptors (Lipinski definition) is 4. The van der Waals surface area contributed by atoms with Crippen molar-refractivity contribution in [1.82, 2.24) is 4.98 Å². The highest BCUT2D eigenvalue weighted by Crippen LogP contribution is 2.26. The summed E-state index contributed by atoms with van der Waals surface area (Å²) in [5.74, 6) is -1.71. The second-order valence-electron chi connectivity index (χ2n) is 2.92. The SMILES string of the molecule is Cc1cc(C(F)F)nc(C(=O)O)c1[N+](=O)[O-]. The predicted octanol–water partition coefficient (Wildman–Crippen LogP) is 1.93. The van der Waals surface area contributed by atoms with Crippen LogP contribution in [-0.2, 0) is 0 Å². The average molecular weight is 232 g/mol. The van der Waals surface area contributed by atoms with Gasteiger partial charge in [-0.2, -0.15) is 0 Å². The summed E-state index contributed by atoms with van der Waals surface area (Å²) in [5, 5.41) is 19.2. The molecule has 0 saturated heterocycles. The van der Waals surface area contributed by atoms with E-state index in [2.05, 4.69) is 4.98 Å². The Hall–Kier alpha value is -2.12. The van der Waals surface area contributed by atoms with E-state index in [1.165, 1.54) is 6.92 Å². The molecular weight excluding hydrogens is 226 g/mol. The van der Waals surface area contributed by atoms with Gasteiger partial charge in [0.2, 0.25) is 5.69 Å². The lowest BCUT2D eigenvalue weighted by atomic mass is 10.1. The lowest BCUT2D eigenvalue weighted by Crippen LogP contribution is -2.09. The van der Waals surface area contributed by atoms with E-state index in [-0.39, 0.29) is 5.56 Å². The van der Waals surface area contributed by atoms with Gasteiger partial charge in [-0.05, 0) is 13.0 Å². The molecule has 0 aliphatic carbocycles. The number of carboxylic acid groups (broad SMARTS) is 1. The van der Waals surface area contributed by atoms with E-state index in [0.29, 0.717) is 0 Å². The van der Waals surface area contributed by atoms with Gasteiger partial charge in [0, 0.05) is 5.56 Å². The first-order valence-electron chi connectivity index (χ1n) is 4.02. The summed E-state index contributed by atoms with van der Waals surface area (Å²) in [6.07, 6.45) is -2.97. The van der Waals surface area contributed by atoms with E-state index >= 15 is 0 Å². The number of nitro groups is 1. The minimum atomic E-state index is -2.97. The summed E-state index contributed by atoms with van der Waals surface area (Å²) >= 11 is 0. The number of alkyl halides is 2. The number of carboxylic acids is 1. The number of halogens is 2. The first kappa shape index (κ1) is 12.0. The maximum atomic E-state index is 12.3. The molecule has 0 radical (unpaired) electrons. The van der Waals surface area contributed by atoms with Crippen LogP contribution in [0.15, 0.2) is 6.07 Å². The summed E-state index contributed by atoms with van der Waals surface area (Å²) in [6, 6.07) is 0.801. The molecule has 1 rings (SSSR count). The Bertz CT molecular complexity index is 462. The first-order valence-corrected chi connectivity index (χ1v) is 4.02. The fourth-order valence-electron chi connectivity index (χ4n) is 1.18. The molecule has 0 unspecified atom stereocenters. The van der Waals surface area contributed by atoms with Crippen LogP contribution in [0.1, 0.15) is 28.2 Å². The van der Waals surface area contributed by atoms with Crippen molar-refractivity contribution in [2.75, 3.05) is 0 Å². The van der Waals surface area contributed by atoms with Gasteiger partial charge < -0.3 is 5.11 Å². The van der Waals surface area contributed by atoms with Crippen molar-refractivity contribution in [2.45, 2.75) is 13.3 Å². The van der Waals surface area contributed by atoms with Crippen molar-refractivity contribution in [3.63, 3.8) is 0 Å². The van der Waals surface area contributed by atoms with Crippen LogP contribution in [0.3, 0.4) is 0 Å². The van der Waals surface area contributed by atoms with Crippen molar-refractivity contribution in [3.05, 3.63) is 33.1 Å². The largest absolute Gasteiger partial charge is 0.476 e. The molecule has 0 atom stereocenters. The van der Waals surface area contributed by atoms with Gasteiger partial charge in [-0.3, -0.25) is 10.1 Å². The van der Waals surface area contributed by atoms with Crippen LogP contribution in [-0.4, -0.2) is 21.0 Å². The third-order valence-electron chi connectivity index (χ3n) is 1.81. The highest BCUT2D eigenvalue weighted by molar-refractivity contribution is 5.90. The van der Waals surface area contributed by atoms with Crippen molar-refractivity contribution in [3.8, 4) is 0 Å². The first-order chi connectivity index (χ1) is 7.34. The normalized spacial score (nSPS) is 10.5. The van der Waals surface area contributed by atoms with Gasteiger partial charge in [0.05, 0.1) is 4.92 Å². The highest BCUT2D eigenvalue weighted by Gasteiger charge is 2.27. The Morgan fingerprint density at radius 3 is 2.56 bits per heavy atom. The summed E-state index contributed by atoms with van der Waals surface area (Å²) in [6.45, 7) is 1.18. The number of pyridine rings is 1. The maximum Gasteiger partial charge on any atom is 0.361 e. The van der Waals surface area contributed by atoms with Crippen LogP contribution in [0, 0.1) is 17.0 Å². The van der Waals surface area contributed by atoms with Gasteiger partial charge in [-0.25, -0.2) is 18.6 Å².